The molecule has 4 nitrogen and oxygen atoms in total. The first-order valence-corrected chi connectivity index (χ1v) is 7.11. The van der Waals surface area contributed by atoms with Crippen molar-refractivity contribution in [2.45, 2.75) is 19.6 Å². The van der Waals surface area contributed by atoms with Crippen molar-refractivity contribution in [2.24, 2.45) is 0 Å². The van der Waals surface area contributed by atoms with E-state index in [4.69, 9.17) is 9.47 Å². The first kappa shape index (κ1) is 15.2. The molecule has 1 aromatic carbocycles. The second-order valence-electron chi connectivity index (χ2n) is 5.07. The lowest BCUT2D eigenvalue weighted by Crippen LogP contribution is -2.42. The third-order valence-corrected chi connectivity index (χ3v) is 3.37. The second-order valence-corrected chi connectivity index (χ2v) is 5.07. The summed E-state index contributed by atoms with van der Waals surface area (Å²) in [6, 6.07) is 5.02. The van der Waals surface area contributed by atoms with E-state index in [0.717, 1.165) is 25.2 Å². The van der Waals surface area contributed by atoms with Gasteiger partial charge in [-0.05, 0) is 19.7 Å². The number of benzene rings is 1. The van der Waals surface area contributed by atoms with Crippen LogP contribution < -0.4 is 10.1 Å². The lowest BCUT2D eigenvalue weighted by Gasteiger charge is -2.30. The number of nitrogens with one attached hydrogen (secondary N) is 1. The van der Waals surface area contributed by atoms with Crippen LogP contribution >= 0.6 is 0 Å². The number of nitrogens with zero attached hydrogens (tertiary/aromatic N) is 1. The molecule has 0 saturated carbocycles. The van der Waals surface area contributed by atoms with Crippen LogP contribution in [0.15, 0.2) is 18.2 Å². The van der Waals surface area contributed by atoms with Gasteiger partial charge in [-0.15, -0.1) is 0 Å². The molecule has 1 fully saturated rings. The Morgan fingerprint density at radius 1 is 1.50 bits per heavy atom. The SMILES string of the molecule is CCNCc1cccc(F)c1OCC1CN(C)CCO1. The summed E-state index contributed by atoms with van der Waals surface area (Å²) in [4.78, 5) is 2.19. The zero-order chi connectivity index (χ0) is 14.4. The van der Waals surface area contributed by atoms with Crippen molar-refractivity contribution in [3.63, 3.8) is 0 Å². The molecule has 5 heteroatoms. The van der Waals surface area contributed by atoms with Crippen molar-refractivity contribution in [3.05, 3.63) is 29.6 Å². The molecule has 0 amide bonds. The molecule has 112 valence electrons. The first-order valence-electron chi connectivity index (χ1n) is 7.11. The van der Waals surface area contributed by atoms with Crippen molar-refractivity contribution in [3.8, 4) is 5.75 Å². The monoisotopic (exact) mass is 282 g/mol. The van der Waals surface area contributed by atoms with E-state index < -0.39 is 0 Å². The van der Waals surface area contributed by atoms with Crippen LogP contribution in [0, 0.1) is 5.82 Å². The van der Waals surface area contributed by atoms with Crippen LogP contribution in [-0.4, -0.2) is 50.9 Å². The number of hydrogen-bond acceptors (Lipinski definition) is 4. The minimum absolute atomic E-state index is 0.000315. The van der Waals surface area contributed by atoms with Gasteiger partial charge in [-0.2, -0.15) is 0 Å². The fourth-order valence-corrected chi connectivity index (χ4v) is 2.26. The predicted octanol–water partition coefficient (Wildman–Crippen LogP) is 1.64. The number of morpholine rings is 1. The van der Waals surface area contributed by atoms with Crippen LogP contribution in [0.25, 0.3) is 0 Å². The highest BCUT2D eigenvalue weighted by atomic mass is 19.1. The number of para-hydroxylation sites is 1. The van der Waals surface area contributed by atoms with E-state index in [1.54, 1.807) is 6.07 Å². The Bertz CT molecular complexity index is 428. The summed E-state index contributed by atoms with van der Waals surface area (Å²) in [5.74, 6) is 0.0230. The largest absolute Gasteiger partial charge is 0.487 e. The highest BCUT2D eigenvalue weighted by Crippen LogP contribution is 2.23. The maximum atomic E-state index is 13.9. The Hall–Kier alpha value is -1.17. The molecular formula is C15H23FN2O2. The Balaban J connectivity index is 1.97. The van der Waals surface area contributed by atoms with Crippen molar-refractivity contribution >= 4 is 0 Å². The van der Waals surface area contributed by atoms with Gasteiger partial charge in [0.05, 0.1) is 6.61 Å². The summed E-state index contributed by atoms with van der Waals surface area (Å²) in [6.07, 6.45) is 0.000315. The standard InChI is InChI=1S/C15H23FN2O2/c1-3-17-9-12-5-4-6-14(16)15(12)20-11-13-10-18(2)7-8-19-13/h4-6,13,17H,3,7-11H2,1-2H3. The quantitative estimate of drug-likeness (QED) is 0.860. The highest BCUT2D eigenvalue weighted by Gasteiger charge is 2.19. The normalized spacial score (nSPS) is 20.1. The number of ether oxygens (including phenoxy) is 2. The highest BCUT2D eigenvalue weighted by molar-refractivity contribution is 5.35. The van der Waals surface area contributed by atoms with Gasteiger partial charge in [-0.25, -0.2) is 4.39 Å². The van der Waals surface area contributed by atoms with Gasteiger partial charge in [0.2, 0.25) is 0 Å². The van der Waals surface area contributed by atoms with Crippen molar-refractivity contribution < 1.29 is 13.9 Å². The topological polar surface area (TPSA) is 33.7 Å². The molecular weight excluding hydrogens is 259 g/mol. The molecule has 0 bridgehead atoms. The van der Waals surface area contributed by atoms with E-state index in [0.29, 0.717) is 25.5 Å². The van der Waals surface area contributed by atoms with Gasteiger partial charge < -0.3 is 19.7 Å². The Morgan fingerprint density at radius 2 is 2.35 bits per heavy atom. The zero-order valence-corrected chi connectivity index (χ0v) is 12.2. The number of rotatable bonds is 6. The number of likely N-dealkylation sites (N-methyl/N-ethyl adjacent to an activating group) is 1. The van der Waals surface area contributed by atoms with Gasteiger partial charge in [0.25, 0.3) is 0 Å². The summed E-state index contributed by atoms with van der Waals surface area (Å²) in [5.41, 5.74) is 0.844. The van der Waals surface area contributed by atoms with Gasteiger partial charge in [0, 0.05) is 25.2 Å². The van der Waals surface area contributed by atoms with Gasteiger partial charge >= 0.3 is 0 Å². The Morgan fingerprint density at radius 3 is 3.10 bits per heavy atom. The minimum atomic E-state index is -0.315. The molecule has 0 spiro atoms. The molecule has 1 aliphatic heterocycles. The molecule has 1 aliphatic rings. The molecule has 1 unspecified atom stereocenters. The Kier molecular flexibility index (Phi) is 5.76. The second kappa shape index (κ2) is 7.57. The summed E-state index contributed by atoms with van der Waals surface area (Å²) < 4.78 is 25.2. The summed E-state index contributed by atoms with van der Waals surface area (Å²) >= 11 is 0. The van der Waals surface area contributed by atoms with E-state index in [1.807, 2.05) is 13.0 Å². The number of halogens is 1. The molecule has 1 saturated heterocycles. The zero-order valence-electron chi connectivity index (χ0n) is 12.2. The fraction of sp³-hybridized carbons (Fsp3) is 0.600. The predicted molar refractivity (Wildman–Crippen MR) is 76.5 cm³/mol. The van der Waals surface area contributed by atoms with Crippen molar-refractivity contribution in [1.82, 2.24) is 10.2 Å². The van der Waals surface area contributed by atoms with Gasteiger partial charge in [-0.3, -0.25) is 0 Å². The molecule has 20 heavy (non-hydrogen) atoms. The summed E-state index contributed by atoms with van der Waals surface area (Å²) in [7, 11) is 2.05. The van der Waals surface area contributed by atoms with Crippen LogP contribution in [0.3, 0.4) is 0 Å². The molecule has 1 aromatic rings. The summed E-state index contributed by atoms with van der Waals surface area (Å²) in [5, 5.41) is 3.19. The minimum Gasteiger partial charge on any atom is -0.487 e. The van der Waals surface area contributed by atoms with Crippen LogP contribution in [0.2, 0.25) is 0 Å². The van der Waals surface area contributed by atoms with Crippen LogP contribution in [-0.2, 0) is 11.3 Å². The van der Waals surface area contributed by atoms with Gasteiger partial charge in [0.1, 0.15) is 12.7 Å². The molecule has 0 aliphatic carbocycles. The average Bonchev–Trinajstić information content (AvgIpc) is 2.44. The Labute approximate surface area is 119 Å². The molecule has 1 N–H and O–H groups in total. The lowest BCUT2D eigenvalue weighted by molar-refractivity contribution is -0.0409. The number of hydrogen-bond donors (Lipinski definition) is 1. The van der Waals surface area contributed by atoms with Crippen molar-refractivity contribution in [2.75, 3.05) is 39.9 Å². The van der Waals surface area contributed by atoms with E-state index >= 15 is 0 Å². The van der Waals surface area contributed by atoms with Crippen molar-refractivity contribution in [1.29, 1.82) is 0 Å². The van der Waals surface area contributed by atoms with Crippen LogP contribution in [0.4, 0.5) is 4.39 Å². The molecule has 1 heterocycles. The van der Waals surface area contributed by atoms with E-state index in [9.17, 15) is 4.39 Å². The third-order valence-electron chi connectivity index (χ3n) is 3.37. The van der Waals surface area contributed by atoms with E-state index in [1.165, 1.54) is 6.07 Å². The molecule has 0 radical (unpaired) electrons. The van der Waals surface area contributed by atoms with E-state index in [-0.39, 0.29) is 11.9 Å². The van der Waals surface area contributed by atoms with Gasteiger partial charge in [-0.1, -0.05) is 19.1 Å². The summed E-state index contributed by atoms with van der Waals surface area (Å²) in [6.45, 7) is 6.29. The molecule has 1 atom stereocenters. The van der Waals surface area contributed by atoms with Crippen LogP contribution in [0.5, 0.6) is 5.75 Å². The maximum Gasteiger partial charge on any atom is 0.165 e. The lowest BCUT2D eigenvalue weighted by atomic mass is 10.2. The fourth-order valence-electron chi connectivity index (χ4n) is 2.26. The average molecular weight is 282 g/mol. The molecule has 0 aromatic heterocycles. The first-order chi connectivity index (χ1) is 9.70. The smallest absolute Gasteiger partial charge is 0.165 e. The third kappa shape index (κ3) is 4.16. The molecule has 2 rings (SSSR count). The van der Waals surface area contributed by atoms with Gasteiger partial charge in [0.15, 0.2) is 11.6 Å². The van der Waals surface area contributed by atoms with E-state index in [2.05, 4.69) is 17.3 Å². The van der Waals surface area contributed by atoms with Crippen LogP contribution in [0.1, 0.15) is 12.5 Å². The maximum absolute atomic E-state index is 13.9.